The molecule has 0 spiro atoms. The third kappa shape index (κ3) is 2.98. The van der Waals surface area contributed by atoms with Gasteiger partial charge in [-0.1, -0.05) is 5.16 Å². The molecule has 0 amide bonds. The first kappa shape index (κ1) is 15.0. The van der Waals surface area contributed by atoms with Gasteiger partial charge in [0.05, 0.1) is 36.5 Å². The van der Waals surface area contributed by atoms with Gasteiger partial charge in [-0.3, -0.25) is 4.98 Å². The van der Waals surface area contributed by atoms with Crippen molar-refractivity contribution in [2.75, 3.05) is 12.4 Å². The number of hydrogen-bond acceptors (Lipinski definition) is 6. The quantitative estimate of drug-likeness (QED) is 0.792. The van der Waals surface area contributed by atoms with E-state index in [4.69, 9.17) is 9.26 Å². The Morgan fingerprint density at radius 2 is 2.04 bits per heavy atom. The number of aryl methyl sites for hydroxylation is 2. The molecule has 0 fully saturated rings. The molecule has 1 N–H and O–H groups in total. The number of anilines is 2. The maximum absolute atomic E-state index is 13.7. The van der Waals surface area contributed by atoms with Crippen molar-refractivity contribution >= 4 is 11.5 Å². The predicted molar refractivity (Wildman–Crippen MR) is 83.2 cm³/mol. The summed E-state index contributed by atoms with van der Waals surface area (Å²) in [5, 5.41) is 6.93. The Morgan fingerprint density at radius 1 is 1.22 bits per heavy atom. The van der Waals surface area contributed by atoms with E-state index in [0.29, 0.717) is 23.0 Å². The molecule has 0 aliphatic heterocycles. The standard InChI is InChI=1S/C16H15FN4O2/c1-9-16(10(2)23-21-9)13-7-18-8-15(20-13)19-11-4-5-14(22-3)12(17)6-11/h4-8H,1-3H3,(H,19,20). The number of rotatable bonds is 4. The molecule has 0 radical (unpaired) electrons. The van der Waals surface area contributed by atoms with Crippen LogP contribution in [-0.2, 0) is 0 Å². The molecular weight excluding hydrogens is 299 g/mol. The van der Waals surface area contributed by atoms with Crippen LogP contribution in [0.2, 0.25) is 0 Å². The van der Waals surface area contributed by atoms with Gasteiger partial charge in [-0.25, -0.2) is 9.37 Å². The molecule has 0 atom stereocenters. The van der Waals surface area contributed by atoms with Crippen LogP contribution in [-0.4, -0.2) is 22.2 Å². The SMILES string of the molecule is COc1ccc(Nc2cncc(-c3c(C)noc3C)n2)cc1F. The molecular formula is C16H15FN4O2. The van der Waals surface area contributed by atoms with Crippen LogP contribution in [0.5, 0.6) is 5.75 Å². The normalized spacial score (nSPS) is 10.6. The first-order valence-electron chi connectivity index (χ1n) is 6.94. The van der Waals surface area contributed by atoms with E-state index in [-0.39, 0.29) is 5.75 Å². The van der Waals surface area contributed by atoms with Gasteiger partial charge in [-0.2, -0.15) is 0 Å². The van der Waals surface area contributed by atoms with Crippen LogP contribution < -0.4 is 10.1 Å². The number of aromatic nitrogens is 3. The summed E-state index contributed by atoms with van der Waals surface area (Å²) in [4.78, 5) is 8.64. The maximum atomic E-state index is 13.7. The molecule has 0 saturated carbocycles. The average molecular weight is 314 g/mol. The van der Waals surface area contributed by atoms with Gasteiger partial charge in [0.15, 0.2) is 11.6 Å². The first-order valence-corrected chi connectivity index (χ1v) is 6.94. The number of nitrogens with zero attached hydrogens (tertiary/aromatic N) is 3. The molecule has 23 heavy (non-hydrogen) atoms. The zero-order chi connectivity index (χ0) is 16.4. The van der Waals surface area contributed by atoms with Gasteiger partial charge >= 0.3 is 0 Å². The van der Waals surface area contributed by atoms with E-state index < -0.39 is 5.82 Å². The molecule has 3 rings (SSSR count). The Kier molecular flexibility index (Phi) is 3.92. The van der Waals surface area contributed by atoms with Gasteiger partial charge in [0.1, 0.15) is 11.6 Å². The number of ether oxygens (including phenoxy) is 1. The summed E-state index contributed by atoms with van der Waals surface area (Å²) in [7, 11) is 1.42. The summed E-state index contributed by atoms with van der Waals surface area (Å²) in [5.74, 6) is 0.898. The molecule has 6 nitrogen and oxygen atoms in total. The van der Waals surface area contributed by atoms with Gasteiger partial charge in [-0.15, -0.1) is 0 Å². The zero-order valence-corrected chi connectivity index (χ0v) is 12.9. The van der Waals surface area contributed by atoms with Crippen LogP contribution in [0.15, 0.2) is 35.1 Å². The minimum absolute atomic E-state index is 0.186. The topological polar surface area (TPSA) is 73.1 Å². The van der Waals surface area contributed by atoms with Crippen LogP contribution in [0.25, 0.3) is 11.3 Å². The van der Waals surface area contributed by atoms with Crippen LogP contribution >= 0.6 is 0 Å². The first-order chi connectivity index (χ1) is 11.1. The van der Waals surface area contributed by atoms with E-state index in [2.05, 4.69) is 20.4 Å². The number of hydrogen-bond donors (Lipinski definition) is 1. The summed E-state index contributed by atoms with van der Waals surface area (Å²) >= 11 is 0. The van der Waals surface area contributed by atoms with Gasteiger partial charge in [0.25, 0.3) is 0 Å². The van der Waals surface area contributed by atoms with E-state index in [0.717, 1.165) is 11.3 Å². The Balaban J connectivity index is 1.90. The maximum Gasteiger partial charge on any atom is 0.167 e. The van der Waals surface area contributed by atoms with Crippen molar-refractivity contribution in [3.05, 3.63) is 47.9 Å². The zero-order valence-electron chi connectivity index (χ0n) is 12.9. The third-order valence-corrected chi connectivity index (χ3v) is 3.35. The van der Waals surface area contributed by atoms with Crippen molar-refractivity contribution in [3.63, 3.8) is 0 Å². The number of benzene rings is 1. The van der Waals surface area contributed by atoms with Crippen molar-refractivity contribution in [3.8, 4) is 17.0 Å². The minimum Gasteiger partial charge on any atom is -0.494 e. The molecule has 0 aliphatic rings. The lowest BCUT2D eigenvalue weighted by Gasteiger charge is -2.08. The predicted octanol–water partition coefficient (Wildman–Crippen LogP) is 3.64. The molecule has 2 heterocycles. The number of methoxy groups -OCH3 is 1. The van der Waals surface area contributed by atoms with Crippen LogP contribution in [0.3, 0.4) is 0 Å². The van der Waals surface area contributed by atoms with Crippen molar-refractivity contribution in [1.29, 1.82) is 0 Å². The molecule has 118 valence electrons. The van der Waals surface area contributed by atoms with Crippen LogP contribution in [0, 0.1) is 19.7 Å². The summed E-state index contributed by atoms with van der Waals surface area (Å²) in [5.41, 5.74) is 2.74. The minimum atomic E-state index is -0.452. The number of halogens is 1. The Hall–Kier alpha value is -2.96. The fourth-order valence-corrected chi connectivity index (χ4v) is 2.29. The molecule has 0 unspecified atom stereocenters. The van der Waals surface area contributed by atoms with E-state index in [1.165, 1.54) is 13.2 Å². The van der Waals surface area contributed by atoms with Crippen molar-refractivity contribution < 1.29 is 13.7 Å². The number of nitrogens with one attached hydrogen (secondary N) is 1. The van der Waals surface area contributed by atoms with Crippen molar-refractivity contribution in [2.24, 2.45) is 0 Å². The largest absolute Gasteiger partial charge is 0.494 e. The van der Waals surface area contributed by atoms with E-state index in [9.17, 15) is 4.39 Å². The van der Waals surface area contributed by atoms with E-state index >= 15 is 0 Å². The molecule has 2 aromatic heterocycles. The lowest BCUT2D eigenvalue weighted by molar-refractivity contribution is 0.386. The lowest BCUT2D eigenvalue weighted by Crippen LogP contribution is -1.98. The molecule has 1 aromatic carbocycles. The highest BCUT2D eigenvalue weighted by atomic mass is 19.1. The van der Waals surface area contributed by atoms with Crippen LogP contribution in [0.4, 0.5) is 15.9 Å². The molecule has 7 heteroatoms. The summed E-state index contributed by atoms with van der Waals surface area (Å²) in [6, 6.07) is 4.58. The highest BCUT2D eigenvalue weighted by Gasteiger charge is 2.14. The summed E-state index contributed by atoms with van der Waals surface area (Å²) in [6.45, 7) is 3.66. The lowest BCUT2D eigenvalue weighted by atomic mass is 10.1. The summed E-state index contributed by atoms with van der Waals surface area (Å²) < 4.78 is 23.8. The van der Waals surface area contributed by atoms with E-state index in [1.54, 1.807) is 24.5 Å². The Labute approximate surface area is 132 Å². The fraction of sp³-hybridized carbons (Fsp3) is 0.188. The Morgan fingerprint density at radius 3 is 2.70 bits per heavy atom. The second-order valence-corrected chi connectivity index (χ2v) is 4.96. The molecule has 3 aromatic rings. The third-order valence-electron chi connectivity index (χ3n) is 3.35. The van der Waals surface area contributed by atoms with E-state index in [1.807, 2.05) is 13.8 Å². The second kappa shape index (κ2) is 6.04. The summed E-state index contributed by atoms with van der Waals surface area (Å²) in [6.07, 6.45) is 3.19. The molecule has 0 aliphatic carbocycles. The molecule has 0 bridgehead atoms. The van der Waals surface area contributed by atoms with Gasteiger partial charge < -0.3 is 14.6 Å². The highest BCUT2D eigenvalue weighted by Crippen LogP contribution is 2.27. The van der Waals surface area contributed by atoms with Crippen molar-refractivity contribution in [2.45, 2.75) is 13.8 Å². The smallest absolute Gasteiger partial charge is 0.167 e. The second-order valence-electron chi connectivity index (χ2n) is 4.96. The highest BCUT2D eigenvalue weighted by molar-refractivity contribution is 5.66. The van der Waals surface area contributed by atoms with Crippen LogP contribution in [0.1, 0.15) is 11.5 Å². The van der Waals surface area contributed by atoms with Gasteiger partial charge in [-0.05, 0) is 26.0 Å². The fourth-order valence-electron chi connectivity index (χ4n) is 2.29. The van der Waals surface area contributed by atoms with Gasteiger partial charge in [0, 0.05) is 11.8 Å². The van der Waals surface area contributed by atoms with Crippen molar-refractivity contribution in [1.82, 2.24) is 15.1 Å². The monoisotopic (exact) mass is 314 g/mol. The molecule has 0 saturated heterocycles. The van der Waals surface area contributed by atoms with Gasteiger partial charge in [0.2, 0.25) is 0 Å². The average Bonchev–Trinajstić information content (AvgIpc) is 2.87. The Bertz CT molecular complexity index is 828.